The summed E-state index contributed by atoms with van der Waals surface area (Å²) >= 11 is 0. The topological polar surface area (TPSA) is 77.8 Å². The van der Waals surface area contributed by atoms with Crippen LogP contribution in [0, 0.1) is 34.5 Å². The molecule has 6 atom stereocenters. The van der Waals surface area contributed by atoms with Crippen LogP contribution in [-0.2, 0) is 4.79 Å². The Labute approximate surface area is 169 Å². The number of rotatable bonds is 4. The van der Waals surface area contributed by atoms with E-state index >= 15 is 0 Å². The van der Waals surface area contributed by atoms with Gasteiger partial charge in [0.15, 0.2) is 5.79 Å². The first-order valence-electron chi connectivity index (χ1n) is 11.5. The predicted molar refractivity (Wildman–Crippen MR) is 108 cm³/mol. The summed E-state index contributed by atoms with van der Waals surface area (Å²) in [7, 11) is 0. The van der Waals surface area contributed by atoms with E-state index in [4.69, 9.17) is 5.11 Å². The van der Waals surface area contributed by atoms with Crippen molar-refractivity contribution in [2.24, 2.45) is 34.5 Å². The molecule has 158 valence electrons. The summed E-state index contributed by atoms with van der Waals surface area (Å²) in [4.78, 5) is 11.0. The third-order valence-electron chi connectivity index (χ3n) is 9.75. The van der Waals surface area contributed by atoms with Crippen molar-refractivity contribution in [3.8, 4) is 0 Å². The van der Waals surface area contributed by atoms with Crippen LogP contribution < -0.4 is 0 Å². The van der Waals surface area contributed by atoms with Gasteiger partial charge < -0.3 is 15.3 Å². The lowest BCUT2D eigenvalue weighted by atomic mass is 9.47. The van der Waals surface area contributed by atoms with E-state index in [1.807, 2.05) is 0 Å². The van der Waals surface area contributed by atoms with Crippen molar-refractivity contribution < 1.29 is 20.1 Å². The fraction of sp³-hybridized carbons (Fsp3) is 0.875. The molecule has 0 amide bonds. The molecule has 4 heteroatoms. The van der Waals surface area contributed by atoms with Gasteiger partial charge in [0.25, 0.3) is 0 Å². The van der Waals surface area contributed by atoms with Gasteiger partial charge in [-0.25, -0.2) is 0 Å². The van der Waals surface area contributed by atoms with Crippen molar-refractivity contribution in [1.29, 1.82) is 0 Å². The van der Waals surface area contributed by atoms with Gasteiger partial charge >= 0.3 is 5.97 Å². The van der Waals surface area contributed by atoms with E-state index in [0.29, 0.717) is 30.1 Å². The van der Waals surface area contributed by atoms with Crippen LogP contribution in [0.2, 0.25) is 0 Å². The molecule has 0 unspecified atom stereocenters. The molecule has 0 aromatic rings. The lowest BCUT2D eigenvalue weighted by Crippen LogP contribution is -2.60. The average molecular weight is 391 g/mol. The summed E-state index contributed by atoms with van der Waals surface area (Å²) in [5.41, 5.74) is 2.92. The number of allylic oxidation sites excluding steroid dienone is 2. The van der Waals surface area contributed by atoms with E-state index in [2.05, 4.69) is 20.8 Å². The first-order valence-corrected chi connectivity index (χ1v) is 11.5. The van der Waals surface area contributed by atoms with E-state index in [-0.39, 0.29) is 11.8 Å². The van der Waals surface area contributed by atoms with Crippen LogP contribution in [0.3, 0.4) is 0 Å². The smallest absolute Gasteiger partial charge is 0.303 e. The van der Waals surface area contributed by atoms with Gasteiger partial charge in [-0.1, -0.05) is 31.9 Å². The number of aliphatic carboxylic acids is 1. The Balaban J connectivity index is 1.65. The minimum absolute atomic E-state index is 0.176. The van der Waals surface area contributed by atoms with Crippen LogP contribution in [-0.4, -0.2) is 27.1 Å². The van der Waals surface area contributed by atoms with Crippen molar-refractivity contribution in [3.63, 3.8) is 0 Å². The number of aliphatic hydroxyl groups is 2. The molecular weight excluding hydrogens is 352 g/mol. The quantitative estimate of drug-likeness (QED) is 0.472. The minimum Gasteiger partial charge on any atom is -0.481 e. The van der Waals surface area contributed by atoms with Crippen LogP contribution in [0.5, 0.6) is 0 Å². The van der Waals surface area contributed by atoms with Crippen LogP contribution in [0.4, 0.5) is 0 Å². The van der Waals surface area contributed by atoms with Gasteiger partial charge in [0, 0.05) is 18.3 Å². The maximum absolute atomic E-state index is 11.0. The zero-order valence-corrected chi connectivity index (χ0v) is 17.8. The molecular formula is C24H38O4. The first-order chi connectivity index (χ1) is 13.1. The molecule has 0 aromatic carbocycles. The molecule has 3 N–H and O–H groups in total. The third-order valence-corrected chi connectivity index (χ3v) is 9.75. The molecule has 0 bridgehead atoms. The van der Waals surface area contributed by atoms with E-state index in [1.54, 1.807) is 11.1 Å². The van der Waals surface area contributed by atoms with Crippen molar-refractivity contribution in [3.05, 3.63) is 11.1 Å². The van der Waals surface area contributed by atoms with E-state index in [1.165, 1.54) is 0 Å². The lowest BCUT2D eigenvalue weighted by molar-refractivity contribution is -0.293. The molecule has 0 aliphatic heterocycles. The third kappa shape index (κ3) is 2.81. The summed E-state index contributed by atoms with van der Waals surface area (Å²) in [6.45, 7) is 6.82. The summed E-state index contributed by atoms with van der Waals surface area (Å²) < 4.78 is 0. The fourth-order valence-electron chi connectivity index (χ4n) is 8.10. The van der Waals surface area contributed by atoms with Gasteiger partial charge in [0.1, 0.15) is 0 Å². The van der Waals surface area contributed by atoms with Gasteiger partial charge in [-0.15, -0.1) is 0 Å². The van der Waals surface area contributed by atoms with Crippen molar-refractivity contribution in [2.45, 2.75) is 97.2 Å². The number of hydrogen-bond acceptors (Lipinski definition) is 3. The lowest BCUT2D eigenvalue weighted by Gasteiger charge is -2.60. The molecule has 0 saturated heterocycles. The molecule has 0 radical (unpaired) electrons. The Bertz CT molecular complexity index is 680. The van der Waals surface area contributed by atoms with Gasteiger partial charge in [-0.05, 0) is 86.9 Å². The van der Waals surface area contributed by atoms with Crippen molar-refractivity contribution >= 4 is 5.97 Å². The highest BCUT2D eigenvalue weighted by atomic mass is 16.5. The standard InChI is InChI=1S/C24H38O4/c1-15(6-11-21(25)26)18-9-10-19-17-8-7-16-5-4-13-24(27,28)23(16,3)20(17)12-14-22(18,19)2/h15-16,18,20,27-28H,4-14H2,1-3H3,(H,25,26)/t15-,16+,18-,20+,22-,23+/m1/s1. The maximum Gasteiger partial charge on any atom is 0.303 e. The maximum atomic E-state index is 11.0. The van der Waals surface area contributed by atoms with Crippen LogP contribution in [0.25, 0.3) is 0 Å². The predicted octanol–water partition coefficient (Wildman–Crippen LogP) is 4.89. The average Bonchev–Trinajstić information content (AvgIpc) is 2.98. The zero-order chi connectivity index (χ0) is 20.3. The van der Waals surface area contributed by atoms with Crippen LogP contribution in [0.1, 0.15) is 91.4 Å². The van der Waals surface area contributed by atoms with E-state index in [0.717, 1.165) is 57.8 Å². The zero-order valence-electron chi connectivity index (χ0n) is 17.8. The molecule has 4 aliphatic rings. The second-order valence-electron chi connectivity index (χ2n) is 10.8. The monoisotopic (exact) mass is 390 g/mol. The Morgan fingerprint density at radius 3 is 2.57 bits per heavy atom. The molecule has 0 heterocycles. The number of carboxylic acids is 1. The highest BCUT2D eigenvalue weighted by Gasteiger charge is 2.62. The summed E-state index contributed by atoms with van der Waals surface area (Å²) in [5, 5.41) is 31.1. The Hall–Kier alpha value is -0.870. The Morgan fingerprint density at radius 1 is 1.11 bits per heavy atom. The molecule has 3 saturated carbocycles. The number of carbonyl (C=O) groups is 1. The van der Waals surface area contributed by atoms with E-state index < -0.39 is 17.2 Å². The fourth-order valence-corrected chi connectivity index (χ4v) is 8.10. The van der Waals surface area contributed by atoms with Crippen molar-refractivity contribution in [2.75, 3.05) is 0 Å². The summed E-state index contributed by atoms with van der Waals surface area (Å²) in [6.07, 6.45) is 10.2. The highest BCUT2D eigenvalue weighted by molar-refractivity contribution is 5.66. The second kappa shape index (κ2) is 6.84. The molecule has 0 aromatic heterocycles. The first kappa shape index (κ1) is 20.4. The SMILES string of the molecule is C[C@H](CCC(=O)O)[C@H]1CCC2=C3CC[C@@H]4CCCC(O)(O)[C@]4(C)[C@H]3CC[C@@]21C. The summed E-state index contributed by atoms with van der Waals surface area (Å²) in [6, 6.07) is 0. The molecule has 4 rings (SSSR count). The van der Waals surface area contributed by atoms with Gasteiger partial charge in [0.05, 0.1) is 0 Å². The van der Waals surface area contributed by atoms with Crippen LogP contribution in [0.15, 0.2) is 11.1 Å². The molecule has 0 spiro atoms. The normalized spacial score (nSPS) is 43.1. The molecule has 3 fully saturated rings. The van der Waals surface area contributed by atoms with Crippen LogP contribution >= 0.6 is 0 Å². The minimum atomic E-state index is -1.55. The molecule has 4 nitrogen and oxygen atoms in total. The van der Waals surface area contributed by atoms with Gasteiger partial charge in [0.2, 0.25) is 0 Å². The number of fused-ring (bicyclic) bond motifs is 4. The van der Waals surface area contributed by atoms with E-state index in [9.17, 15) is 15.0 Å². The number of carboxylic acid groups (broad SMARTS) is 1. The number of hydrogen-bond donors (Lipinski definition) is 3. The molecule has 4 aliphatic carbocycles. The summed E-state index contributed by atoms with van der Waals surface area (Å²) in [5.74, 6) is -0.539. The van der Waals surface area contributed by atoms with Crippen molar-refractivity contribution in [1.82, 2.24) is 0 Å². The second-order valence-corrected chi connectivity index (χ2v) is 10.8. The Kier molecular flexibility index (Phi) is 4.98. The van der Waals surface area contributed by atoms with Gasteiger partial charge in [-0.3, -0.25) is 4.79 Å². The largest absolute Gasteiger partial charge is 0.481 e. The van der Waals surface area contributed by atoms with Gasteiger partial charge in [-0.2, -0.15) is 0 Å². The Morgan fingerprint density at radius 2 is 1.86 bits per heavy atom. The molecule has 28 heavy (non-hydrogen) atoms. The highest BCUT2D eigenvalue weighted by Crippen LogP contribution is 2.67.